The van der Waals surface area contributed by atoms with Gasteiger partial charge < -0.3 is 14.1 Å². The molecule has 0 unspecified atom stereocenters. The monoisotopic (exact) mass is 485 g/mol. The van der Waals surface area contributed by atoms with Crippen molar-refractivity contribution in [2.75, 3.05) is 20.7 Å². The molecule has 1 atom stereocenters. The minimum atomic E-state index is -4.50. The number of carbonyl (C=O) groups is 2. The molecule has 4 rings (SSSR count). The molecule has 2 aromatic carbocycles. The molecule has 10 heteroatoms. The molecule has 0 saturated heterocycles. The van der Waals surface area contributed by atoms with Crippen molar-refractivity contribution in [3.8, 4) is 5.75 Å². The third kappa shape index (κ3) is 5.21. The third-order valence-electron chi connectivity index (χ3n) is 5.64. The van der Waals surface area contributed by atoms with E-state index in [0.29, 0.717) is 23.6 Å². The lowest BCUT2D eigenvalue weighted by molar-refractivity contribution is -0.137. The molecule has 0 spiro atoms. The number of rotatable bonds is 6. The van der Waals surface area contributed by atoms with E-state index in [0.717, 1.165) is 34.7 Å². The first kappa shape index (κ1) is 24.1. The Labute approximate surface area is 199 Å². The number of ether oxygens (including phenoxy) is 1. The first-order valence-electron chi connectivity index (χ1n) is 10.7. The van der Waals surface area contributed by atoms with Gasteiger partial charge >= 0.3 is 6.18 Å². The van der Waals surface area contributed by atoms with Gasteiger partial charge in [0.25, 0.3) is 11.8 Å². The van der Waals surface area contributed by atoms with Gasteiger partial charge in [-0.1, -0.05) is 0 Å². The van der Waals surface area contributed by atoms with Crippen LogP contribution in [0.3, 0.4) is 0 Å². The topological polar surface area (TPSA) is 75.3 Å². The summed E-state index contributed by atoms with van der Waals surface area (Å²) in [6.07, 6.45) is -2.59. The fourth-order valence-corrected chi connectivity index (χ4v) is 3.77. The molecule has 182 valence electrons. The zero-order valence-electron chi connectivity index (χ0n) is 19.0. The van der Waals surface area contributed by atoms with E-state index in [4.69, 9.17) is 9.15 Å². The lowest BCUT2D eigenvalue weighted by Crippen LogP contribution is -2.39. The molecule has 7 nitrogen and oxygen atoms in total. The highest BCUT2D eigenvalue weighted by atomic mass is 19.4. The van der Waals surface area contributed by atoms with Gasteiger partial charge in [-0.3, -0.25) is 9.59 Å². The van der Waals surface area contributed by atoms with Gasteiger partial charge in [0.1, 0.15) is 24.1 Å². The predicted molar refractivity (Wildman–Crippen MR) is 121 cm³/mol. The summed E-state index contributed by atoms with van der Waals surface area (Å²) in [5, 5.41) is 5.80. The molecular weight excluding hydrogens is 463 g/mol. The zero-order chi connectivity index (χ0) is 25.2. The van der Waals surface area contributed by atoms with Crippen molar-refractivity contribution >= 4 is 17.5 Å². The molecule has 1 aliphatic heterocycles. The van der Waals surface area contributed by atoms with Crippen molar-refractivity contribution < 1.29 is 31.9 Å². The smallest absolute Gasteiger partial charge is 0.416 e. The fraction of sp³-hybridized carbons (Fsp3) is 0.240. The van der Waals surface area contributed by atoms with Gasteiger partial charge in [-0.2, -0.15) is 18.3 Å². The van der Waals surface area contributed by atoms with E-state index in [2.05, 4.69) is 5.10 Å². The van der Waals surface area contributed by atoms with E-state index in [1.165, 1.54) is 18.3 Å². The number of carbonyl (C=O) groups excluding carboxylic acids is 2. The number of halogens is 3. The highest BCUT2D eigenvalue weighted by Gasteiger charge is 2.36. The Balaban J connectivity index is 1.52. The van der Waals surface area contributed by atoms with Crippen LogP contribution in [0.5, 0.6) is 5.75 Å². The number of likely N-dealkylation sites (N-methyl/N-ethyl adjacent to an activating group) is 1. The second-order valence-electron chi connectivity index (χ2n) is 7.99. The van der Waals surface area contributed by atoms with Crippen molar-refractivity contribution in [3.63, 3.8) is 0 Å². The van der Waals surface area contributed by atoms with Gasteiger partial charge in [0.05, 0.1) is 24.6 Å². The summed E-state index contributed by atoms with van der Waals surface area (Å²) in [7, 11) is 2.97. The Morgan fingerprint density at radius 1 is 1.11 bits per heavy atom. The van der Waals surface area contributed by atoms with Crippen LogP contribution in [0.25, 0.3) is 0 Å². The third-order valence-corrected chi connectivity index (χ3v) is 5.64. The van der Waals surface area contributed by atoms with Gasteiger partial charge in [0.15, 0.2) is 0 Å². The molecule has 1 aliphatic rings. The number of hydrogen-bond acceptors (Lipinski definition) is 5. The molecule has 0 aliphatic carbocycles. The summed E-state index contributed by atoms with van der Waals surface area (Å²) in [6.45, 7) is -0.323. The highest BCUT2D eigenvalue weighted by Crippen LogP contribution is 2.33. The van der Waals surface area contributed by atoms with Crippen LogP contribution in [0.4, 0.5) is 13.2 Å². The van der Waals surface area contributed by atoms with E-state index in [1.54, 1.807) is 31.4 Å². The summed E-state index contributed by atoms with van der Waals surface area (Å²) in [6, 6.07) is 14.1. The molecule has 1 aromatic heterocycles. The molecule has 3 aromatic rings. The molecule has 2 heterocycles. The normalized spacial score (nSPS) is 15.6. The summed E-state index contributed by atoms with van der Waals surface area (Å²) in [5.41, 5.74) is 0.664. The molecule has 0 bridgehead atoms. The second-order valence-corrected chi connectivity index (χ2v) is 7.99. The minimum Gasteiger partial charge on any atom is -0.497 e. The average Bonchev–Trinajstić information content (AvgIpc) is 3.53. The largest absolute Gasteiger partial charge is 0.497 e. The van der Waals surface area contributed by atoms with Crippen LogP contribution in [-0.2, 0) is 11.0 Å². The molecule has 0 N–H and O–H groups in total. The van der Waals surface area contributed by atoms with Crippen LogP contribution in [-0.4, -0.2) is 48.1 Å². The molecule has 0 radical (unpaired) electrons. The summed E-state index contributed by atoms with van der Waals surface area (Å²) >= 11 is 0. The first-order valence-corrected chi connectivity index (χ1v) is 10.7. The highest BCUT2D eigenvalue weighted by molar-refractivity contribution is 6.03. The van der Waals surface area contributed by atoms with Crippen LogP contribution >= 0.6 is 0 Å². The lowest BCUT2D eigenvalue weighted by Gasteiger charge is -2.23. The van der Waals surface area contributed by atoms with E-state index < -0.39 is 29.6 Å². The maximum Gasteiger partial charge on any atom is 0.416 e. The molecule has 35 heavy (non-hydrogen) atoms. The Hall–Kier alpha value is -4.08. The number of benzene rings is 2. The first-order chi connectivity index (χ1) is 16.7. The van der Waals surface area contributed by atoms with Crippen molar-refractivity contribution in [2.24, 2.45) is 5.10 Å². The maximum absolute atomic E-state index is 13.2. The Bertz CT molecular complexity index is 1220. The van der Waals surface area contributed by atoms with Crippen molar-refractivity contribution in [1.29, 1.82) is 0 Å². The van der Waals surface area contributed by atoms with E-state index >= 15 is 0 Å². The number of furan rings is 1. The SMILES string of the molecule is COc1ccc(C2=NN(C(=O)CN(C)C(=O)c3ccc(C(F)(F)F)cc3)[C@H](c3ccco3)C2)cc1. The van der Waals surface area contributed by atoms with Crippen LogP contribution in [0, 0.1) is 0 Å². The number of hydrazone groups is 1. The lowest BCUT2D eigenvalue weighted by atomic mass is 10.0. The van der Waals surface area contributed by atoms with Gasteiger partial charge in [-0.05, 0) is 66.2 Å². The minimum absolute atomic E-state index is 0.0414. The van der Waals surface area contributed by atoms with E-state index in [1.807, 2.05) is 12.1 Å². The number of amides is 2. The zero-order valence-corrected chi connectivity index (χ0v) is 19.0. The standard InChI is InChI=1S/C25H22F3N3O4/c1-30(24(33)17-5-9-18(10-6-17)25(26,27)28)15-23(32)31-21(22-4-3-13-35-22)14-20(29-31)16-7-11-19(34-2)12-8-16/h3-13,21H,14-15H2,1-2H3/t21-/m0/s1. The molecule has 0 fully saturated rings. The van der Waals surface area contributed by atoms with Crippen molar-refractivity contribution in [2.45, 2.75) is 18.6 Å². The van der Waals surface area contributed by atoms with Crippen LogP contribution in [0.1, 0.15) is 39.7 Å². The maximum atomic E-state index is 13.2. The summed E-state index contributed by atoms with van der Waals surface area (Å²) in [5.74, 6) is 0.187. The number of hydrogen-bond donors (Lipinski definition) is 0. The average molecular weight is 485 g/mol. The van der Waals surface area contributed by atoms with Gasteiger partial charge in [-0.25, -0.2) is 5.01 Å². The van der Waals surface area contributed by atoms with Crippen molar-refractivity contribution in [3.05, 3.63) is 89.4 Å². The summed E-state index contributed by atoms with van der Waals surface area (Å²) in [4.78, 5) is 27.0. The van der Waals surface area contributed by atoms with E-state index in [-0.39, 0.29) is 12.1 Å². The van der Waals surface area contributed by atoms with Crippen LogP contribution < -0.4 is 4.74 Å². The molecular formula is C25H22F3N3O4. The van der Waals surface area contributed by atoms with Gasteiger partial charge in [0.2, 0.25) is 0 Å². The van der Waals surface area contributed by atoms with Crippen LogP contribution in [0.2, 0.25) is 0 Å². The fourth-order valence-electron chi connectivity index (χ4n) is 3.77. The Kier molecular flexibility index (Phi) is 6.63. The van der Waals surface area contributed by atoms with Crippen LogP contribution in [0.15, 0.2) is 76.4 Å². The number of alkyl halides is 3. The number of methoxy groups -OCH3 is 1. The van der Waals surface area contributed by atoms with Crippen molar-refractivity contribution in [1.82, 2.24) is 9.91 Å². The predicted octanol–water partition coefficient (Wildman–Crippen LogP) is 4.76. The quantitative estimate of drug-likeness (QED) is 0.505. The van der Waals surface area contributed by atoms with Gasteiger partial charge in [0, 0.05) is 19.0 Å². The van der Waals surface area contributed by atoms with E-state index in [9.17, 15) is 22.8 Å². The molecule has 0 saturated carbocycles. The van der Waals surface area contributed by atoms with Gasteiger partial charge in [-0.15, -0.1) is 0 Å². The summed E-state index contributed by atoms with van der Waals surface area (Å²) < 4.78 is 49.1. The Morgan fingerprint density at radius 3 is 2.37 bits per heavy atom. The molecule has 2 amide bonds. The Morgan fingerprint density at radius 2 is 1.80 bits per heavy atom. The second kappa shape index (κ2) is 9.65. The number of nitrogens with zero attached hydrogens (tertiary/aromatic N) is 3.